The topological polar surface area (TPSA) is 49.4 Å². The minimum atomic E-state index is -0.0857. The summed E-state index contributed by atoms with van der Waals surface area (Å²) in [5.74, 6) is 0.0205. The number of hydrogen-bond acceptors (Lipinski definition) is 2. The fourth-order valence-corrected chi connectivity index (χ4v) is 3.36. The van der Waals surface area contributed by atoms with Crippen molar-refractivity contribution in [2.24, 2.45) is 5.41 Å². The maximum absolute atomic E-state index is 12.2. The van der Waals surface area contributed by atoms with Gasteiger partial charge in [0.05, 0.1) is 0 Å². The van der Waals surface area contributed by atoms with Crippen LogP contribution in [0.1, 0.15) is 38.2 Å². The summed E-state index contributed by atoms with van der Waals surface area (Å²) in [6.45, 7) is 3.31. The van der Waals surface area contributed by atoms with Gasteiger partial charge >= 0.3 is 0 Å². The van der Waals surface area contributed by atoms with Crippen LogP contribution in [0.4, 0.5) is 5.69 Å². The van der Waals surface area contributed by atoms with E-state index < -0.39 is 0 Å². The summed E-state index contributed by atoms with van der Waals surface area (Å²) in [7, 11) is 0. The fraction of sp³-hybridized carbons (Fsp3) is 0.444. The zero-order valence-corrected chi connectivity index (χ0v) is 13.0. The van der Waals surface area contributed by atoms with Crippen molar-refractivity contribution in [3.63, 3.8) is 0 Å². The monoisotopic (exact) mass is 298 g/mol. The average Bonchev–Trinajstić information content (AvgIpc) is 2.91. The molecule has 1 N–H and O–H groups in total. The second kappa shape index (κ2) is 5.95. The molecule has 1 aliphatic carbocycles. The van der Waals surface area contributed by atoms with Crippen molar-refractivity contribution in [1.29, 1.82) is 0 Å². The summed E-state index contributed by atoms with van der Waals surface area (Å²) < 4.78 is 0. The SMILES string of the molecule is CC(=O)Nc1ccc(C=CC(=O)N2CCC3(CCC3)C2)cc1. The Morgan fingerprint density at radius 2 is 1.91 bits per heavy atom. The molecule has 1 aromatic carbocycles. The number of rotatable bonds is 3. The molecule has 0 bridgehead atoms. The Labute approximate surface area is 131 Å². The van der Waals surface area contributed by atoms with Crippen molar-refractivity contribution >= 4 is 23.6 Å². The van der Waals surface area contributed by atoms with Crippen LogP contribution in [-0.2, 0) is 9.59 Å². The van der Waals surface area contributed by atoms with Crippen LogP contribution in [0.25, 0.3) is 6.08 Å². The number of benzene rings is 1. The normalized spacial score (nSPS) is 19.4. The molecule has 1 aromatic rings. The molecule has 2 fully saturated rings. The summed E-state index contributed by atoms with van der Waals surface area (Å²) in [6, 6.07) is 7.47. The second-order valence-corrected chi connectivity index (χ2v) is 6.50. The van der Waals surface area contributed by atoms with E-state index in [1.165, 1.54) is 26.2 Å². The predicted molar refractivity (Wildman–Crippen MR) is 87.3 cm³/mol. The summed E-state index contributed by atoms with van der Waals surface area (Å²) in [6.07, 6.45) is 8.55. The summed E-state index contributed by atoms with van der Waals surface area (Å²) in [4.78, 5) is 25.2. The Morgan fingerprint density at radius 3 is 2.45 bits per heavy atom. The molecule has 1 spiro atoms. The van der Waals surface area contributed by atoms with E-state index in [0.29, 0.717) is 5.41 Å². The second-order valence-electron chi connectivity index (χ2n) is 6.50. The molecule has 4 heteroatoms. The third kappa shape index (κ3) is 3.21. The Balaban J connectivity index is 1.57. The van der Waals surface area contributed by atoms with Gasteiger partial charge in [-0.1, -0.05) is 18.6 Å². The van der Waals surface area contributed by atoms with Crippen LogP contribution < -0.4 is 5.32 Å². The number of amides is 2. The molecule has 0 atom stereocenters. The first-order valence-electron chi connectivity index (χ1n) is 7.91. The number of carbonyl (C=O) groups is 2. The van der Waals surface area contributed by atoms with Crippen molar-refractivity contribution in [2.45, 2.75) is 32.6 Å². The van der Waals surface area contributed by atoms with Crippen LogP contribution in [0, 0.1) is 5.41 Å². The first-order valence-corrected chi connectivity index (χ1v) is 7.91. The lowest BCUT2D eigenvalue weighted by Gasteiger charge is -2.37. The van der Waals surface area contributed by atoms with E-state index in [9.17, 15) is 9.59 Å². The van der Waals surface area contributed by atoms with Crippen LogP contribution in [0.2, 0.25) is 0 Å². The van der Waals surface area contributed by atoms with E-state index in [1.807, 2.05) is 35.2 Å². The van der Waals surface area contributed by atoms with Crippen molar-refractivity contribution in [3.8, 4) is 0 Å². The number of hydrogen-bond donors (Lipinski definition) is 1. The van der Waals surface area contributed by atoms with Gasteiger partial charge in [-0.2, -0.15) is 0 Å². The Bertz CT molecular complexity index is 600. The first-order chi connectivity index (χ1) is 10.6. The van der Waals surface area contributed by atoms with E-state index >= 15 is 0 Å². The molecule has 1 aliphatic heterocycles. The molecule has 1 saturated heterocycles. The van der Waals surface area contributed by atoms with E-state index in [0.717, 1.165) is 30.8 Å². The Morgan fingerprint density at radius 1 is 1.18 bits per heavy atom. The minimum Gasteiger partial charge on any atom is -0.339 e. The molecule has 2 amide bonds. The van der Waals surface area contributed by atoms with Gasteiger partial charge in [-0.25, -0.2) is 0 Å². The predicted octanol–water partition coefficient (Wildman–Crippen LogP) is 3.06. The van der Waals surface area contributed by atoms with Crippen LogP contribution in [0.15, 0.2) is 30.3 Å². The van der Waals surface area contributed by atoms with Gasteiger partial charge in [-0.3, -0.25) is 9.59 Å². The summed E-state index contributed by atoms with van der Waals surface area (Å²) in [5.41, 5.74) is 2.17. The Hall–Kier alpha value is -2.10. The van der Waals surface area contributed by atoms with Gasteiger partial charge in [0.25, 0.3) is 0 Å². The van der Waals surface area contributed by atoms with E-state index in [4.69, 9.17) is 0 Å². The standard InChI is InChI=1S/C18H22N2O2/c1-14(21)19-16-6-3-15(4-7-16)5-8-17(22)20-12-11-18(13-20)9-2-10-18/h3-8H,2,9-13H2,1H3,(H,19,21). The lowest BCUT2D eigenvalue weighted by Crippen LogP contribution is -2.35. The molecular formula is C18H22N2O2. The molecule has 0 aromatic heterocycles. The summed E-state index contributed by atoms with van der Waals surface area (Å²) in [5, 5.41) is 2.73. The van der Waals surface area contributed by atoms with Crippen LogP contribution in [0.5, 0.6) is 0 Å². The lowest BCUT2D eigenvalue weighted by molar-refractivity contribution is -0.125. The van der Waals surface area contributed by atoms with Gasteiger partial charge in [-0.15, -0.1) is 0 Å². The maximum atomic E-state index is 12.2. The highest BCUT2D eigenvalue weighted by atomic mass is 16.2. The molecular weight excluding hydrogens is 276 g/mol. The molecule has 1 heterocycles. The molecule has 116 valence electrons. The maximum Gasteiger partial charge on any atom is 0.246 e. The van der Waals surface area contributed by atoms with Gasteiger partial charge in [0.15, 0.2) is 0 Å². The fourth-order valence-electron chi connectivity index (χ4n) is 3.36. The van der Waals surface area contributed by atoms with Crippen molar-refractivity contribution in [3.05, 3.63) is 35.9 Å². The lowest BCUT2D eigenvalue weighted by atomic mass is 9.68. The molecule has 0 radical (unpaired) electrons. The van der Waals surface area contributed by atoms with Gasteiger partial charge in [-0.05, 0) is 48.4 Å². The highest BCUT2D eigenvalue weighted by Gasteiger charge is 2.43. The molecule has 2 aliphatic rings. The molecule has 4 nitrogen and oxygen atoms in total. The quantitative estimate of drug-likeness (QED) is 0.872. The summed E-state index contributed by atoms with van der Waals surface area (Å²) >= 11 is 0. The van der Waals surface area contributed by atoms with Gasteiger partial charge in [0.1, 0.15) is 0 Å². The largest absolute Gasteiger partial charge is 0.339 e. The Kier molecular flexibility index (Phi) is 4.01. The van der Waals surface area contributed by atoms with E-state index in [2.05, 4.69) is 5.32 Å². The van der Waals surface area contributed by atoms with Gasteiger partial charge < -0.3 is 10.2 Å². The van der Waals surface area contributed by atoms with Crippen LogP contribution in [-0.4, -0.2) is 29.8 Å². The smallest absolute Gasteiger partial charge is 0.246 e. The van der Waals surface area contributed by atoms with Crippen LogP contribution >= 0.6 is 0 Å². The number of anilines is 1. The van der Waals surface area contributed by atoms with Crippen molar-refractivity contribution < 1.29 is 9.59 Å². The molecule has 22 heavy (non-hydrogen) atoms. The van der Waals surface area contributed by atoms with E-state index in [-0.39, 0.29) is 11.8 Å². The number of nitrogens with zero attached hydrogens (tertiary/aromatic N) is 1. The number of nitrogens with one attached hydrogen (secondary N) is 1. The minimum absolute atomic E-state index is 0.0857. The third-order valence-electron chi connectivity index (χ3n) is 4.81. The molecule has 1 saturated carbocycles. The number of carbonyl (C=O) groups excluding carboxylic acids is 2. The van der Waals surface area contributed by atoms with E-state index in [1.54, 1.807) is 6.08 Å². The van der Waals surface area contributed by atoms with Crippen molar-refractivity contribution in [1.82, 2.24) is 4.90 Å². The molecule has 3 rings (SSSR count). The average molecular weight is 298 g/mol. The highest BCUT2D eigenvalue weighted by Crippen LogP contribution is 2.47. The van der Waals surface area contributed by atoms with Crippen molar-refractivity contribution in [2.75, 3.05) is 18.4 Å². The molecule has 0 unspecified atom stereocenters. The number of likely N-dealkylation sites (tertiary alicyclic amines) is 1. The zero-order valence-electron chi connectivity index (χ0n) is 13.0. The van der Waals surface area contributed by atoms with Crippen LogP contribution in [0.3, 0.4) is 0 Å². The van der Waals surface area contributed by atoms with Gasteiger partial charge in [0.2, 0.25) is 11.8 Å². The first kappa shape index (κ1) is 14.8. The third-order valence-corrected chi connectivity index (χ3v) is 4.81. The van der Waals surface area contributed by atoms with Gasteiger partial charge in [0, 0.05) is 31.8 Å². The highest BCUT2D eigenvalue weighted by molar-refractivity contribution is 5.92. The zero-order chi connectivity index (χ0) is 15.6.